The van der Waals surface area contributed by atoms with Gasteiger partial charge in [-0.05, 0) is 42.8 Å². The fourth-order valence-electron chi connectivity index (χ4n) is 2.65. The smallest absolute Gasteiger partial charge is 0.343 e. The number of carbonyl (C=O) groups excluding carboxylic acids is 2. The van der Waals surface area contributed by atoms with Crippen LogP contribution in [0.1, 0.15) is 62.2 Å². The molecular weight excluding hydrogens is 354 g/mol. The number of hydrogen-bond acceptors (Lipinski definition) is 4. The standard InChI is InChI=1S/C23H25NO4/c1-3-4-5-6-7-8-9-22(25)27-20-14-10-18(11-15-20)23(26)28-21-16-12-19(24-2)13-17-21/h10-17H,3-9H2,1H3. The molecule has 0 atom stereocenters. The van der Waals surface area contributed by atoms with Gasteiger partial charge in [-0.15, -0.1) is 0 Å². The molecule has 0 radical (unpaired) electrons. The highest BCUT2D eigenvalue weighted by atomic mass is 16.5. The topological polar surface area (TPSA) is 57.0 Å². The van der Waals surface area contributed by atoms with E-state index in [-0.39, 0.29) is 5.97 Å². The van der Waals surface area contributed by atoms with Gasteiger partial charge < -0.3 is 9.47 Å². The van der Waals surface area contributed by atoms with E-state index in [9.17, 15) is 9.59 Å². The van der Waals surface area contributed by atoms with Crippen LogP contribution in [0.4, 0.5) is 5.69 Å². The number of rotatable bonds is 10. The Bertz CT molecular complexity index is 804. The molecule has 28 heavy (non-hydrogen) atoms. The number of unbranched alkanes of at least 4 members (excludes halogenated alkanes) is 5. The molecule has 0 saturated heterocycles. The van der Waals surface area contributed by atoms with E-state index >= 15 is 0 Å². The van der Waals surface area contributed by atoms with Gasteiger partial charge >= 0.3 is 11.9 Å². The zero-order valence-corrected chi connectivity index (χ0v) is 16.1. The molecule has 0 amide bonds. The first-order valence-electron chi connectivity index (χ1n) is 9.63. The van der Waals surface area contributed by atoms with Crippen LogP contribution in [-0.4, -0.2) is 11.9 Å². The van der Waals surface area contributed by atoms with E-state index in [1.807, 2.05) is 0 Å². The first-order chi connectivity index (χ1) is 13.6. The van der Waals surface area contributed by atoms with Crippen LogP contribution >= 0.6 is 0 Å². The molecular formula is C23H25NO4. The molecule has 0 aromatic heterocycles. The Morgan fingerprint density at radius 2 is 1.39 bits per heavy atom. The monoisotopic (exact) mass is 379 g/mol. The summed E-state index contributed by atoms with van der Waals surface area (Å²) in [5.74, 6) is 0.00650. The number of carbonyl (C=O) groups is 2. The van der Waals surface area contributed by atoms with Crippen molar-refractivity contribution in [2.45, 2.75) is 51.9 Å². The third-order valence-electron chi connectivity index (χ3n) is 4.23. The molecule has 0 fully saturated rings. The van der Waals surface area contributed by atoms with Gasteiger partial charge in [-0.25, -0.2) is 9.64 Å². The van der Waals surface area contributed by atoms with E-state index in [1.165, 1.54) is 19.3 Å². The normalized spacial score (nSPS) is 10.1. The zero-order chi connectivity index (χ0) is 20.2. The predicted octanol–water partition coefficient (Wildman–Crippen LogP) is 6.11. The first-order valence-corrected chi connectivity index (χ1v) is 9.63. The summed E-state index contributed by atoms with van der Waals surface area (Å²) in [6.07, 6.45) is 7.09. The number of nitrogens with zero attached hydrogens (tertiary/aromatic N) is 1. The van der Waals surface area contributed by atoms with E-state index < -0.39 is 5.97 Å². The third-order valence-corrected chi connectivity index (χ3v) is 4.23. The molecule has 146 valence electrons. The lowest BCUT2D eigenvalue weighted by Gasteiger charge is -2.07. The molecule has 0 heterocycles. The van der Waals surface area contributed by atoms with Crippen molar-refractivity contribution < 1.29 is 19.1 Å². The fraction of sp³-hybridized carbons (Fsp3) is 0.348. The van der Waals surface area contributed by atoms with Gasteiger partial charge in [0.05, 0.1) is 12.1 Å². The average Bonchev–Trinajstić information content (AvgIpc) is 2.71. The van der Waals surface area contributed by atoms with Crippen molar-refractivity contribution in [1.82, 2.24) is 0 Å². The fourth-order valence-corrected chi connectivity index (χ4v) is 2.65. The van der Waals surface area contributed by atoms with Crippen molar-refractivity contribution in [2.75, 3.05) is 0 Å². The molecule has 0 unspecified atom stereocenters. The van der Waals surface area contributed by atoms with Crippen molar-refractivity contribution in [3.05, 3.63) is 65.5 Å². The first kappa shape index (κ1) is 21.2. The Hall–Kier alpha value is -3.13. The molecule has 0 aliphatic heterocycles. The van der Waals surface area contributed by atoms with Gasteiger partial charge in [-0.1, -0.05) is 51.2 Å². The van der Waals surface area contributed by atoms with E-state index in [4.69, 9.17) is 16.0 Å². The average molecular weight is 379 g/mol. The minimum atomic E-state index is -0.513. The summed E-state index contributed by atoms with van der Waals surface area (Å²) in [4.78, 5) is 27.3. The summed E-state index contributed by atoms with van der Waals surface area (Å²) in [6, 6.07) is 12.6. The molecule has 0 aliphatic rings. The second-order valence-corrected chi connectivity index (χ2v) is 6.51. The summed E-state index contributed by atoms with van der Waals surface area (Å²) in [5.41, 5.74) is 0.830. The Morgan fingerprint density at radius 3 is 2.04 bits per heavy atom. The molecule has 2 aromatic rings. The van der Waals surface area contributed by atoms with Crippen LogP contribution in [0.5, 0.6) is 11.5 Å². The van der Waals surface area contributed by atoms with E-state index in [1.54, 1.807) is 48.5 Å². The molecule has 2 aromatic carbocycles. The van der Waals surface area contributed by atoms with Crippen LogP contribution in [0.2, 0.25) is 0 Å². The highest BCUT2D eigenvalue weighted by Crippen LogP contribution is 2.20. The van der Waals surface area contributed by atoms with Crippen molar-refractivity contribution in [1.29, 1.82) is 0 Å². The maximum absolute atomic E-state index is 12.2. The van der Waals surface area contributed by atoms with Crippen molar-refractivity contribution in [2.24, 2.45) is 0 Å². The summed E-state index contributed by atoms with van der Waals surface area (Å²) in [5, 5.41) is 0. The number of benzene rings is 2. The number of hydrogen-bond donors (Lipinski definition) is 0. The lowest BCUT2D eigenvalue weighted by Crippen LogP contribution is -2.10. The Labute approximate surface area is 166 Å². The van der Waals surface area contributed by atoms with Gasteiger partial charge in [-0.2, -0.15) is 0 Å². The quantitative estimate of drug-likeness (QED) is 0.216. The highest BCUT2D eigenvalue weighted by Gasteiger charge is 2.10. The van der Waals surface area contributed by atoms with Crippen molar-refractivity contribution in [3.8, 4) is 11.5 Å². The van der Waals surface area contributed by atoms with Crippen LogP contribution in [0.25, 0.3) is 4.85 Å². The molecule has 5 heteroatoms. The molecule has 0 aliphatic carbocycles. The SMILES string of the molecule is [C-]#[N+]c1ccc(OC(=O)c2ccc(OC(=O)CCCCCCCC)cc2)cc1. The summed E-state index contributed by atoms with van der Waals surface area (Å²) < 4.78 is 10.6. The predicted molar refractivity (Wildman–Crippen MR) is 108 cm³/mol. The Balaban J connectivity index is 1.77. The van der Waals surface area contributed by atoms with Crippen LogP contribution in [0.3, 0.4) is 0 Å². The van der Waals surface area contributed by atoms with Gasteiger partial charge in [0.1, 0.15) is 11.5 Å². The maximum atomic E-state index is 12.2. The van der Waals surface area contributed by atoms with E-state index in [0.29, 0.717) is 29.2 Å². The second kappa shape index (κ2) is 11.6. The van der Waals surface area contributed by atoms with Crippen molar-refractivity contribution >= 4 is 17.6 Å². The van der Waals surface area contributed by atoms with Gasteiger partial charge in [0.25, 0.3) is 0 Å². The zero-order valence-electron chi connectivity index (χ0n) is 16.1. The van der Waals surface area contributed by atoms with Gasteiger partial charge in [0.15, 0.2) is 5.69 Å². The minimum absolute atomic E-state index is 0.259. The van der Waals surface area contributed by atoms with Gasteiger partial charge in [0, 0.05) is 6.42 Å². The molecule has 0 N–H and O–H groups in total. The number of ether oxygens (including phenoxy) is 2. The second-order valence-electron chi connectivity index (χ2n) is 6.51. The van der Waals surface area contributed by atoms with Gasteiger partial charge in [0.2, 0.25) is 0 Å². The Morgan fingerprint density at radius 1 is 0.821 bits per heavy atom. The lowest BCUT2D eigenvalue weighted by molar-refractivity contribution is -0.134. The van der Waals surface area contributed by atoms with E-state index in [2.05, 4.69) is 11.8 Å². The molecule has 2 rings (SSSR count). The molecule has 5 nitrogen and oxygen atoms in total. The van der Waals surface area contributed by atoms with Crippen LogP contribution < -0.4 is 9.47 Å². The largest absolute Gasteiger partial charge is 0.427 e. The van der Waals surface area contributed by atoms with E-state index in [0.717, 1.165) is 19.3 Å². The summed E-state index contributed by atoms with van der Waals surface area (Å²) >= 11 is 0. The van der Waals surface area contributed by atoms with Crippen molar-refractivity contribution in [3.63, 3.8) is 0 Å². The molecule has 0 bridgehead atoms. The maximum Gasteiger partial charge on any atom is 0.343 e. The van der Waals surface area contributed by atoms with Gasteiger partial charge in [-0.3, -0.25) is 4.79 Å². The van der Waals surface area contributed by atoms with Crippen LogP contribution in [-0.2, 0) is 4.79 Å². The Kier molecular flexibility index (Phi) is 8.74. The summed E-state index contributed by atoms with van der Waals surface area (Å²) in [7, 11) is 0. The molecule has 0 saturated carbocycles. The third kappa shape index (κ3) is 7.24. The number of esters is 2. The van der Waals surface area contributed by atoms with Crippen LogP contribution in [0.15, 0.2) is 48.5 Å². The van der Waals surface area contributed by atoms with Crippen LogP contribution in [0, 0.1) is 6.57 Å². The lowest BCUT2D eigenvalue weighted by atomic mass is 10.1. The minimum Gasteiger partial charge on any atom is -0.427 e. The molecule has 0 spiro atoms. The summed E-state index contributed by atoms with van der Waals surface area (Å²) in [6.45, 7) is 9.09. The highest BCUT2D eigenvalue weighted by molar-refractivity contribution is 5.91.